The van der Waals surface area contributed by atoms with Gasteiger partial charge in [0.05, 0.1) is 36.6 Å². The summed E-state index contributed by atoms with van der Waals surface area (Å²) < 4.78 is 42.1. The van der Waals surface area contributed by atoms with Crippen LogP contribution in [0.5, 0.6) is 0 Å². The average molecular weight is 546 g/mol. The van der Waals surface area contributed by atoms with Crippen LogP contribution in [-0.4, -0.2) is 46.3 Å². The maximum atomic E-state index is 14.2. The van der Waals surface area contributed by atoms with Crippen LogP contribution in [-0.2, 0) is 30.4 Å². The Morgan fingerprint density at radius 3 is 2.35 bits per heavy atom. The Kier molecular flexibility index (Phi) is 9.43. The van der Waals surface area contributed by atoms with Gasteiger partial charge in [0, 0.05) is 0 Å². The maximum absolute atomic E-state index is 14.2. The number of esters is 1. The molecule has 8 heteroatoms. The van der Waals surface area contributed by atoms with Gasteiger partial charge >= 0.3 is 5.97 Å². The molecule has 0 fully saturated rings. The van der Waals surface area contributed by atoms with Crippen molar-refractivity contribution in [1.82, 2.24) is 4.31 Å². The summed E-state index contributed by atoms with van der Waals surface area (Å²) in [6.07, 6.45) is 2.18. The third-order valence-electron chi connectivity index (χ3n) is 7.70. The molecule has 0 spiro atoms. The van der Waals surface area contributed by atoms with E-state index in [0.29, 0.717) is 13.0 Å². The molecule has 1 aliphatic rings. The van der Waals surface area contributed by atoms with Crippen molar-refractivity contribution in [3.8, 4) is 0 Å². The molecular weight excluding hydrogens is 502 g/mol. The molecule has 2 aromatic carbocycles. The second kappa shape index (κ2) is 11.8. The van der Waals surface area contributed by atoms with Crippen LogP contribution in [0.1, 0.15) is 69.7 Å². The highest BCUT2D eigenvalue weighted by Gasteiger charge is 2.45. The lowest BCUT2D eigenvalue weighted by Crippen LogP contribution is -2.52. The monoisotopic (exact) mass is 545 g/mol. The number of ether oxygens (including phenoxy) is 1. The average Bonchev–Trinajstić information content (AvgIpc) is 2.82. The topological polar surface area (TPSA) is 72.9 Å². The summed E-state index contributed by atoms with van der Waals surface area (Å²) in [4.78, 5) is 13.2. The predicted molar refractivity (Wildman–Crippen MR) is 151 cm³/mol. The quantitative estimate of drug-likeness (QED) is 0.196. The van der Waals surface area contributed by atoms with Crippen molar-refractivity contribution in [2.24, 2.45) is 0 Å². The molecule has 0 bridgehead atoms. The molecule has 3 rings (SSSR count). The third kappa shape index (κ3) is 6.91. The highest BCUT2D eigenvalue weighted by molar-refractivity contribution is 7.89. The highest BCUT2D eigenvalue weighted by Crippen LogP contribution is 2.42. The zero-order chi connectivity index (χ0) is 27.4. The Bertz CT molecular complexity index is 1170. The lowest BCUT2D eigenvalue weighted by molar-refractivity contribution is -0.145. The van der Waals surface area contributed by atoms with Crippen molar-refractivity contribution < 1.29 is 22.4 Å². The maximum Gasteiger partial charge on any atom is 0.307 e. The minimum Gasteiger partial charge on any atom is -0.466 e. The van der Waals surface area contributed by atoms with Gasteiger partial charge in [-0.3, -0.25) is 4.79 Å². The minimum absolute atomic E-state index is 0.0112. The van der Waals surface area contributed by atoms with E-state index in [1.165, 1.54) is 4.31 Å². The van der Waals surface area contributed by atoms with E-state index in [1.54, 1.807) is 24.3 Å². The molecule has 0 unspecified atom stereocenters. The molecule has 0 saturated heterocycles. The Hall–Kier alpha value is -2.00. The van der Waals surface area contributed by atoms with Crippen LogP contribution in [0.2, 0.25) is 18.1 Å². The molecule has 0 amide bonds. The minimum atomic E-state index is -3.93. The summed E-state index contributed by atoms with van der Waals surface area (Å²) in [5, 5.41) is -0.0112. The first-order chi connectivity index (χ1) is 17.3. The SMILES string of the molecule is CCCCOC(=O)C[C@H]1c2ccccc2C[C@@H](CO[Si](C)(C)C(C)(C)C)N1S(=O)(=O)c1ccc(C)cc1. The fraction of sp³-hybridized carbons (Fsp3) is 0.552. The predicted octanol–water partition coefficient (Wildman–Crippen LogP) is 6.41. The van der Waals surface area contributed by atoms with Gasteiger partial charge in [-0.15, -0.1) is 0 Å². The van der Waals surface area contributed by atoms with Crippen molar-refractivity contribution in [2.45, 2.75) is 95.4 Å². The van der Waals surface area contributed by atoms with Crippen molar-refractivity contribution in [2.75, 3.05) is 13.2 Å². The number of sulfonamides is 1. The van der Waals surface area contributed by atoms with Crippen molar-refractivity contribution >= 4 is 24.3 Å². The molecule has 204 valence electrons. The first kappa shape index (κ1) is 29.6. The Balaban J connectivity index is 2.07. The third-order valence-corrected chi connectivity index (χ3v) is 14.2. The van der Waals surface area contributed by atoms with Gasteiger partial charge in [0.2, 0.25) is 10.0 Å². The number of rotatable bonds is 10. The number of hydrogen-bond donors (Lipinski definition) is 0. The fourth-order valence-corrected chi connectivity index (χ4v) is 7.19. The molecule has 0 N–H and O–H groups in total. The molecule has 0 aromatic heterocycles. The lowest BCUT2D eigenvalue weighted by Gasteiger charge is -2.44. The number of benzene rings is 2. The van der Waals surface area contributed by atoms with Crippen molar-refractivity contribution in [3.05, 3.63) is 65.2 Å². The van der Waals surface area contributed by atoms with Gasteiger partial charge in [-0.2, -0.15) is 4.31 Å². The summed E-state index contributed by atoms with van der Waals surface area (Å²) in [6, 6.07) is 13.6. The number of nitrogens with zero attached hydrogens (tertiary/aromatic N) is 1. The molecule has 2 aromatic rings. The number of hydrogen-bond acceptors (Lipinski definition) is 5. The summed E-state index contributed by atoms with van der Waals surface area (Å²) in [7, 11) is -6.08. The molecule has 1 aliphatic heterocycles. The van der Waals surface area contributed by atoms with E-state index in [-0.39, 0.29) is 28.9 Å². The summed E-state index contributed by atoms with van der Waals surface area (Å²) in [6.45, 7) is 15.4. The van der Waals surface area contributed by atoms with E-state index >= 15 is 0 Å². The van der Waals surface area contributed by atoms with Crippen LogP contribution >= 0.6 is 0 Å². The van der Waals surface area contributed by atoms with Crippen LogP contribution in [0.15, 0.2) is 53.4 Å². The summed E-state index contributed by atoms with van der Waals surface area (Å²) in [5.74, 6) is -0.386. The number of carbonyl (C=O) groups is 1. The standard InChI is InChI=1S/C29H43NO5SSi/c1-8-9-18-34-28(31)20-27-26-13-11-10-12-23(26)19-24(21-35-37(6,7)29(3,4)5)30(27)36(32,33)25-16-14-22(2)15-17-25/h10-17,24,27H,8-9,18-21H2,1-7H3/t24-,27-/m0/s1. The van der Waals surface area contributed by atoms with Gasteiger partial charge in [-0.05, 0) is 61.2 Å². The van der Waals surface area contributed by atoms with E-state index in [2.05, 4.69) is 33.9 Å². The lowest BCUT2D eigenvalue weighted by atomic mass is 9.89. The van der Waals surface area contributed by atoms with E-state index in [9.17, 15) is 13.2 Å². The largest absolute Gasteiger partial charge is 0.466 e. The second-order valence-corrected chi connectivity index (χ2v) is 18.2. The number of unbranched alkanes of at least 4 members (excludes halogenated alkanes) is 1. The Morgan fingerprint density at radius 1 is 1.08 bits per heavy atom. The second-order valence-electron chi connectivity index (χ2n) is 11.6. The molecule has 2 atom stereocenters. The van der Waals surface area contributed by atoms with E-state index in [4.69, 9.17) is 9.16 Å². The molecule has 37 heavy (non-hydrogen) atoms. The molecule has 0 aliphatic carbocycles. The first-order valence-corrected chi connectivity index (χ1v) is 17.6. The van der Waals surface area contributed by atoms with Crippen LogP contribution in [0, 0.1) is 6.92 Å². The van der Waals surface area contributed by atoms with E-state index in [1.807, 2.05) is 38.1 Å². The summed E-state index contributed by atoms with van der Waals surface area (Å²) >= 11 is 0. The fourth-order valence-electron chi connectivity index (χ4n) is 4.38. The highest BCUT2D eigenvalue weighted by atomic mass is 32.2. The van der Waals surface area contributed by atoms with Gasteiger partial charge in [0.15, 0.2) is 8.32 Å². The van der Waals surface area contributed by atoms with Crippen molar-refractivity contribution in [3.63, 3.8) is 0 Å². The molecule has 0 saturated carbocycles. The van der Waals surface area contributed by atoms with Gasteiger partial charge in [-0.1, -0.05) is 76.1 Å². The smallest absolute Gasteiger partial charge is 0.307 e. The molecule has 6 nitrogen and oxygen atoms in total. The van der Waals surface area contributed by atoms with E-state index < -0.39 is 30.4 Å². The number of aryl methyl sites for hydroxylation is 1. The Labute approximate surface area is 224 Å². The zero-order valence-corrected chi connectivity index (χ0v) is 25.2. The molecular formula is C29H43NO5SSi. The number of carbonyl (C=O) groups excluding carboxylic acids is 1. The van der Waals surface area contributed by atoms with Gasteiger partial charge in [-0.25, -0.2) is 8.42 Å². The molecule has 0 radical (unpaired) electrons. The van der Waals surface area contributed by atoms with Gasteiger partial charge < -0.3 is 9.16 Å². The normalized spacial score (nSPS) is 18.9. The number of fused-ring (bicyclic) bond motifs is 1. The summed E-state index contributed by atoms with van der Waals surface area (Å²) in [5.41, 5.74) is 2.89. The van der Waals surface area contributed by atoms with Gasteiger partial charge in [0.1, 0.15) is 0 Å². The Morgan fingerprint density at radius 2 is 1.73 bits per heavy atom. The van der Waals surface area contributed by atoms with Crippen molar-refractivity contribution in [1.29, 1.82) is 0 Å². The van der Waals surface area contributed by atoms with Crippen LogP contribution in [0.25, 0.3) is 0 Å². The van der Waals surface area contributed by atoms with E-state index in [0.717, 1.165) is 29.5 Å². The van der Waals surface area contributed by atoms with Crippen LogP contribution < -0.4 is 0 Å². The van der Waals surface area contributed by atoms with Crippen LogP contribution in [0.4, 0.5) is 0 Å². The molecule has 1 heterocycles. The first-order valence-electron chi connectivity index (χ1n) is 13.3. The van der Waals surface area contributed by atoms with Gasteiger partial charge in [0.25, 0.3) is 0 Å². The zero-order valence-electron chi connectivity index (χ0n) is 23.4. The van der Waals surface area contributed by atoms with Crippen LogP contribution in [0.3, 0.4) is 0 Å².